The van der Waals surface area contributed by atoms with Crippen LogP contribution >= 0.6 is 0 Å². The van der Waals surface area contributed by atoms with E-state index in [0.29, 0.717) is 6.42 Å². The van der Waals surface area contributed by atoms with Crippen molar-refractivity contribution in [1.82, 2.24) is 5.32 Å². The molecule has 0 aromatic heterocycles. The molecule has 3 amide bonds. The maximum absolute atomic E-state index is 11.2. The predicted molar refractivity (Wildman–Crippen MR) is 71.5 cm³/mol. The molecule has 1 aromatic carbocycles. The fourth-order valence-electron chi connectivity index (χ4n) is 1.38. The predicted octanol–water partition coefficient (Wildman–Crippen LogP) is 0.710. The Morgan fingerprint density at radius 3 is 2.65 bits per heavy atom. The highest BCUT2D eigenvalue weighted by atomic mass is 16.6. The van der Waals surface area contributed by atoms with Crippen molar-refractivity contribution in [2.45, 2.75) is 12.8 Å². The molecule has 0 radical (unpaired) electrons. The van der Waals surface area contributed by atoms with E-state index in [0.717, 1.165) is 12.0 Å². The van der Waals surface area contributed by atoms with Gasteiger partial charge in [-0.3, -0.25) is 10.1 Å². The van der Waals surface area contributed by atoms with E-state index in [9.17, 15) is 9.59 Å². The Morgan fingerprint density at radius 2 is 2.05 bits per heavy atom. The third-order valence-corrected chi connectivity index (χ3v) is 2.26. The van der Waals surface area contributed by atoms with E-state index in [1.165, 1.54) is 6.07 Å². The van der Waals surface area contributed by atoms with Crippen LogP contribution in [0.25, 0.3) is 0 Å². The minimum Gasteiger partial charge on any atom is -0.395 e. The van der Waals surface area contributed by atoms with Crippen LogP contribution in [-0.4, -0.2) is 24.3 Å². The van der Waals surface area contributed by atoms with Gasteiger partial charge in [0.2, 0.25) is 5.71 Å². The lowest BCUT2D eigenvalue weighted by molar-refractivity contribution is -0.113. The van der Waals surface area contributed by atoms with Crippen LogP contribution < -0.4 is 11.1 Å². The van der Waals surface area contributed by atoms with Crippen LogP contribution in [0.15, 0.2) is 35.5 Å². The first-order valence-electron chi connectivity index (χ1n) is 5.88. The minimum atomic E-state index is -1.05. The summed E-state index contributed by atoms with van der Waals surface area (Å²) in [4.78, 5) is 26.5. The van der Waals surface area contributed by atoms with Crippen molar-refractivity contribution in [3.63, 3.8) is 0 Å². The molecule has 1 aromatic rings. The van der Waals surface area contributed by atoms with Gasteiger partial charge in [-0.15, -0.1) is 0 Å². The van der Waals surface area contributed by atoms with Gasteiger partial charge in [0.05, 0.1) is 0 Å². The summed E-state index contributed by atoms with van der Waals surface area (Å²) in [5, 5.41) is 13.8. The summed E-state index contributed by atoms with van der Waals surface area (Å²) in [5.41, 5.74) is 5.36. The number of amides is 3. The summed E-state index contributed by atoms with van der Waals surface area (Å²) in [6.07, 6.45) is 1.48. The summed E-state index contributed by atoms with van der Waals surface area (Å²) < 4.78 is 0. The van der Waals surface area contributed by atoms with Crippen molar-refractivity contribution < 1.29 is 14.4 Å². The number of carbonyl (C=O) groups excluding carboxylic acids is 2. The van der Waals surface area contributed by atoms with E-state index in [2.05, 4.69) is 5.16 Å². The molecule has 0 aliphatic heterocycles. The van der Waals surface area contributed by atoms with Crippen LogP contribution in [0, 0.1) is 11.3 Å². The molecule has 0 bridgehead atoms. The average Bonchev–Trinajstić information content (AvgIpc) is 2.43. The first kappa shape index (κ1) is 15.2. The zero-order valence-corrected chi connectivity index (χ0v) is 10.7. The Kier molecular flexibility index (Phi) is 6.27. The third kappa shape index (κ3) is 5.64. The fourth-order valence-corrected chi connectivity index (χ4v) is 1.38. The summed E-state index contributed by atoms with van der Waals surface area (Å²) >= 11 is 0. The number of rotatable bonds is 6. The van der Waals surface area contributed by atoms with Gasteiger partial charge in [0.1, 0.15) is 12.7 Å². The highest BCUT2D eigenvalue weighted by Gasteiger charge is 2.13. The number of nitrogens with zero attached hydrogens (tertiary/aromatic N) is 2. The number of hydrogen-bond acceptors (Lipinski definition) is 5. The zero-order chi connectivity index (χ0) is 14.8. The number of urea groups is 1. The second kappa shape index (κ2) is 8.26. The molecule has 20 heavy (non-hydrogen) atoms. The summed E-state index contributed by atoms with van der Waals surface area (Å²) in [6, 6.07) is 10.3. The summed E-state index contributed by atoms with van der Waals surface area (Å²) in [5.74, 6) is -0.983. The van der Waals surface area contributed by atoms with Gasteiger partial charge in [-0.05, 0) is 18.4 Å². The second-order valence-electron chi connectivity index (χ2n) is 3.79. The lowest BCUT2D eigenvalue weighted by atomic mass is 10.1. The highest BCUT2D eigenvalue weighted by Crippen LogP contribution is 2.02. The van der Waals surface area contributed by atoms with Crippen LogP contribution in [0.5, 0.6) is 0 Å². The number of hydrogen-bond donors (Lipinski definition) is 2. The highest BCUT2D eigenvalue weighted by molar-refractivity contribution is 6.46. The SMILES string of the molecule is N#CC(=NOCCCc1ccccc1)C(=O)NC(N)=O. The van der Waals surface area contributed by atoms with E-state index in [1.54, 1.807) is 5.32 Å². The van der Waals surface area contributed by atoms with Crippen LogP contribution in [0.2, 0.25) is 0 Å². The lowest BCUT2D eigenvalue weighted by Gasteiger charge is -2.01. The monoisotopic (exact) mass is 274 g/mol. The summed E-state index contributed by atoms with van der Waals surface area (Å²) in [7, 11) is 0. The Morgan fingerprint density at radius 1 is 1.35 bits per heavy atom. The van der Waals surface area contributed by atoms with Crippen LogP contribution in [0.1, 0.15) is 12.0 Å². The van der Waals surface area contributed by atoms with Crippen molar-refractivity contribution in [3.8, 4) is 6.07 Å². The molecular weight excluding hydrogens is 260 g/mol. The molecule has 0 aliphatic rings. The number of carbonyl (C=O) groups is 2. The van der Waals surface area contributed by atoms with Gasteiger partial charge in [0, 0.05) is 0 Å². The zero-order valence-electron chi connectivity index (χ0n) is 10.7. The molecule has 104 valence electrons. The maximum atomic E-state index is 11.2. The molecule has 0 saturated heterocycles. The van der Waals surface area contributed by atoms with Gasteiger partial charge in [-0.2, -0.15) is 5.26 Å². The van der Waals surface area contributed by atoms with E-state index in [-0.39, 0.29) is 6.61 Å². The van der Waals surface area contributed by atoms with E-state index >= 15 is 0 Å². The molecule has 0 heterocycles. The van der Waals surface area contributed by atoms with Crippen molar-refractivity contribution in [2.24, 2.45) is 10.9 Å². The first-order valence-corrected chi connectivity index (χ1v) is 5.88. The molecule has 0 spiro atoms. The number of nitrogens with two attached hydrogens (primary N) is 1. The normalized spacial score (nSPS) is 10.4. The third-order valence-electron chi connectivity index (χ3n) is 2.26. The number of primary amides is 1. The van der Waals surface area contributed by atoms with Gasteiger partial charge in [0.15, 0.2) is 0 Å². The largest absolute Gasteiger partial charge is 0.395 e. The standard InChI is InChI=1S/C13H14N4O3/c14-9-11(12(18)16-13(15)19)17-20-8-4-7-10-5-2-1-3-6-10/h1-3,5-6H,4,7-8H2,(H3,15,16,18,19). The van der Waals surface area contributed by atoms with Gasteiger partial charge in [0.25, 0.3) is 5.91 Å². The number of nitrogens with one attached hydrogen (secondary N) is 1. The quantitative estimate of drug-likeness (QED) is 0.451. The number of imide groups is 1. The van der Waals surface area contributed by atoms with Crippen molar-refractivity contribution in [2.75, 3.05) is 6.61 Å². The average molecular weight is 274 g/mol. The van der Waals surface area contributed by atoms with Crippen molar-refractivity contribution >= 4 is 17.6 Å². The minimum absolute atomic E-state index is 0.254. The Bertz CT molecular complexity index is 534. The molecule has 7 nitrogen and oxygen atoms in total. The first-order chi connectivity index (χ1) is 9.63. The number of nitriles is 1. The van der Waals surface area contributed by atoms with Gasteiger partial charge >= 0.3 is 6.03 Å². The van der Waals surface area contributed by atoms with E-state index in [4.69, 9.17) is 15.8 Å². The molecule has 3 N–H and O–H groups in total. The molecule has 0 atom stereocenters. The smallest absolute Gasteiger partial charge is 0.319 e. The van der Waals surface area contributed by atoms with Gasteiger partial charge in [-0.1, -0.05) is 35.5 Å². The number of benzene rings is 1. The Labute approximate surface area is 116 Å². The van der Waals surface area contributed by atoms with E-state index < -0.39 is 17.6 Å². The fraction of sp³-hybridized carbons (Fsp3) is 0.231. The number of aryl methyl sites for hydroxylation is 1. The Hall–Kier alpha value is -2.88. The van der Waals surface area contributed by atoms with Crippen LogP contribution in [-0.2, 0) is 16.1 Å². The van der Waals surface area contributed by atoms with E-state index in [1.807, 2.05) is 30.3 Å². The molecule has 0 unspecified atom stereocenters. The second-order valence-corrected chi connectivity index (χ2v) is 3.79. The topological polar surface area (TPSA) is 118 Å². The van der Waals surface area contributed by atoms with Gasteiger partial charge in [-0.25, -0.2) is 4.79 Å². The van der Waals surface area contributed by atoms with Crippen molar-refractivity contribution in [1.29, 1.82) is 5.26 Å². The molecule has 1 rings (SSSR count). The molecule has 0 fully saturated rings. The van der Waals surface area contributed by atoms with Crippen LogP contribution in [0.3, 0.4) is 0 Å². The molecule has 0 saturated carbocycles. The lowest BCUT2D eigenvalue weighted by Crippen LogP contribution is -2.39. The molecule has 0 aliphatic carbocycles. The van der Waals surface area contributed by atoms with Crippen LogP contribution in [0.4, 0.5) is 4.79 Å². The Balaban J connectivity index is 2.34. The number of oxime groups is 1. The summed E-state index contributed by atoms with van der Waals surface area (Å²) in [6.45, 7) is 0.254. The molecule has 7 heteroatoms. The van der Waals surface area contributed by atoms with Crippen molar-refractivity contribution in [3.05, 3.63) is 35.9 Å². The maximum Gasteiger partial charge on any atom is 0.319 e. The molecular formula is C13H14N4O3. The van der Waals surface area contributed by atoms with Gasteiger partial charge < -0.3 is 10.6 Å².